The van der Waals surface area contributed by atoms with Gasteiger partial charge in [-0.3, -0.25) is 24.1 Å². The van der Waals surface area contributed by atoms with Gasteiger partial charge in [-0.15, -0.1) is 0 Å². The van der Waals surface area contributed by atoms with Gasteiger partial charge in [-0.2, -0.15) is 0 Å². The Kier molecular flexibility index (Phi) is 8.82. The summed E-state index contributed by atoms with van der Waals surface area (Å²) >= 11 is 0. The van der Waals surface area contributed by atoms with E-state index < -0.39 is 34.3 Å². The highest BCUT2D eigenvalue weighted by Gasteiger charge is 2.35. The predicted octanol–water partition coefficient (Wildman–Crippen LogP) is 2.99. The van der Waals surface area contributed by atoms with Crippen LogP contribution in [-0.4, -0.2) is 19.1 Å². The van der Waals surface area contributed by atoms with Crippen LogP contribution in [0.3, 0.4) is 0 Å². The maximum absolute atomic E-state index is 13.7. The molecule has 0 radical (unpaired) electrons. The van der Waals surface area contributed by atoms with Crippen LogP contribution in [0.25, 0.3) is 0 Å². The first-order chi connectivity index (χ1) is 17.6. The molecule has 1 unspecified atom stereocenters. The molecular formula is C27H37N5O6. The highest BCUT2D eigenvalue weighted by Crippen LogP contribution is 2.44. The second-order valence-corrected chi connectivity index (χ2v) is 10.4. The fourth-order valence-corrected chi connectivity index (χ4v) is 4.82. The molecule has 206 valence electrons. The molecule has 0 aliphatic carbocycles. The van der Waals surface area contributed by atoms with Crippen molar-refractivity contribution in [1.29, 1.82) is 0 Å². The minimum Gasteiger partial charge on any atom is -0.860 e. The summed E-state index contributed by atoms with van der Waals surface area (Å²) in [5, 5.41) is 13.6. The number of fused-ring (bicyclic) bond motifs is 2. The minimum absolute atomic E-state index is 0. The Morgan fingerprint density at radius 2 is 1.45 bits per heavy atom. The number of rotatable bonds is 9. The number of benzene rings is 1. The van der Waals surface area contributed by atoms with Crippen LogP contribution in [0.15, 0.2) is 43.4 Å². The first-order valence-corrected chi connectivity index (χ1v) is 12.8. The molecule has 4 rings (SSSR count). The third kappa shape index (κ3) is 5.52. The average molecular weight is 528 g/mol. The molecule has 1 aliphatic heterocycles. The van der Waals surface area contributed by atoms with Crippen molar-refractivity contribution in [3.63, 3.8) is 0 Å². The first kappa shape index (κ1) is 28.7. The summed E-state index contributed by atoms with van der Waals surface area (Å²) in [5.74, 6) is -0.878. The van der Waals surface area contributed by atoms with Crippen LogP contribution < -0.4 is 38.5 Å². The third-order valence-electron chi connectivity index (χ3n) is 6.72. The molecule has 6 N–H and O–H groups in total. The van der Waals surface area contributed by atoms with Gasteiger partial charge in [0.15, 0.2) is 0 Å². The van der Waals surface area contributed by atoms with Crippen LogP contribution >= 0.6 is 0 Å². The molecule has 38 heavy (non-hydrogen) atoms. The van der Waals surface area contributed by atoms with E-state index in [-0.39, 0.29) is 36.2 Å². The average Bonchev–Trinajstić information content (AvgIpc) is 2.82. The van der Waals surface area contributed by atoms with Gasteiger partial charge >= 0.3 is 11.4 Å². The van der Waals surface area contributed by atoms with Crippen LogP contribution in [0.5, 0.6) is 17.5 Å². The number of hydrogen-bond donors (Lipinski definition) is 3. The molecule has 0 saturated heterocycles. The summed E-state index contributed by atoms with van der Waals surface area (Å²) in [4.78, 5) is 57.1. The van der Waals surface area contributed by atoms with E-state index in [1.807, 2.05) is 13.8 Å². The van der Waals surface area contributed by atoms with Crippen molar-refractivity contribution < 1.29 is 9.84 Å². The molecule has 1 aromatic carbocycles. The van der Waals surface area contributed by atoms with Gasteiger partial charge in [-0.25, -0.2) is 9.59 Å². The van der Waals surface area contributed by atoms with Crippen LogP contribution in [0, 0.1) is 11.8 Å². The van der Waals surface area contributed by atoms with Crippen LogP contribution in [0.1, 0.15) is 76.0 Å². The van der Waals surface area contributed by atoms with Crippen molar-refractivity contribution >= 4 is 0 Å². The summed E-state index contributed by atoms with van der Waals surface area (Å²) < 4.78 is 7.97. The summed E-state index contributed by atoms with van der Waals surface area (Å²) in [6, 6.07) is 6.73. The fraction of sp³-hybridized carbons (Fsp3) is 0.481. The quantitative estimate of drug-likeness (QED) is 0.301. The number of hydrogen-bond acceptors (Lipinski definition) is 6. The highest BCUT2D eigenvalue weighted by molar-refractivity contribution is 5.56. The predicted molar refractivity (Wildman–Crippen MR) is 144 cm³/mol. The standard InChI is InChI=1S/C27H34N4O6.H3N/c1-15(2)9-7-13-30-24(33)20(22(32)28-26(30)35)19-17-11-5-6-12-18(17)37-23-21(19)25(34)31(27(36)29-23)14-8-10-16(3)4;/h5-6,11-12,15-16,19,33H,7-10,13-14H2,1-4H3,(H,29,36)(H,28,32,35);1H3. The highest BCUT2D eigenvalue weighted by atomic mass is 16.5. The zero-order valence-electron chi connectivity index (χ0n) is 22.6. The zero-order chi connectivity index (χ0) is 26.9. The summed E-state index contributed by atoms with van der Waals surface area (Å²) in [6.45, 7) is 8.52. The van der Waals surface area contributed by atoms with E-state index >= 15 is 0 Å². The summed E-state index contributed by atoms with van der Waals surface area (Å²) in [5.41, 5.74) is -2.71. The topological polar surface area (TPSA) is 179 Å². The number of nitrogens with one attached hydrogen (secondary N) is 2. The number of H-pyrrole nitrogens is 2. The van der Waals surface area contributed by atoms with Crippen LogP contribution in [0.4, 0.5) is 0 Å². The van der Waals surface area contributed by atoms with E-state index in [1.165, 1.54) is 0 Å². The molecule has 0 fully saturated rings. The van der Waals surface area contributed by atoms with Gasteiger partial charge in [0.2, 0.25) is 5.88 Å². The molecule has 1 atom stereocenters. The monoisotopic (exact) mass is 527 g/mol. The maximum Gasteiger partial charge on any atom is 0.331 e. The number of quaternary nitrogens is 1. The Morgan fingerprint density at radius 3 is 2.08 bits per heavy atom. The number of nitrogens with zero attached hydrogens (tertiary/aromatic N) is 2. The van der Waals surface area contributed by atoms with E-state index in [0.717, 1.165) is 22.0 Å². The number of ether oxygens (including phenoxy) is 1. The van der Waals surface area contributed by atoms with Crippen molar-refractivity contribution in [1.82, 2.24) is 25.3 Å². The molecule has 11 nitrogen and oxygen atoms in total. The largest absolute Gasteiger partial charge is 0.860 e. The van der Waals surface area contributed by atoms with E-state index in [4.69, 9.17) is 4.74 Å². The maximum atomic E-state index is 13.7. The van der Waals surface area contributed by atoms with Gasteiger partial charge in [0.1, 0.15) is 5.75 Å². The number of aromatic nitrogens is 4. The van der Waals surface area contributed by atoms with E-state index in [2.05, 4.69) is 23.8 Å². The smallest absolute Gasteiger partial charge is 0.331 e. The lowest BCUT2D eigenvalue weighted by atomic mass is 9.84. The van der Waals surface area contributed by atoms with Gasteiger partial charge in [-0.1, -0.05) is 45.9 Å². The molecule has 3 heterocycles. The Morgan fingerprint density at radius 1 is 0.868 bits per heavy atom. The van der Waals surface area contributed by atoms with Gasteiger partial charge < -0.3 is 20.6 Å². The lowest BCUT2D eigenvalue weighted by Crippen LogP contribution is -2.42. The Labute approximate surface area is 219 Å². The zero-order valence-corrected chi connectivity index (χ0v) is 22.6. The summed E-state index contributed by atoms with van der Waals surface area (Å²) in [6.07, 6.45) is 2.80. The van der Waals surface area contributed by atoms with E-state index in [0.29, 0.717) is 36.0 Å². The molecule has 0 amide bonds. The molecule has 0 saturated carbocycles. The van der Waals surface area contributed by atoms with Crippen LogP contribution in [0.2, 0.25) is 0 Å². The fourth-order valence-electron chi connectivity index (χ4n) is 4.82. The lowest BCUT2D eigenvalue weighted by molar-refractivity contribution is -0.281. The SMILES string of the molecule is CC(C)CCCn1c([O-])c(C2c3ccccc3Oc3[nH]c(=O)n(CCCC(C)C)c(=O)c32)c(=O)[nH]c1=O.[NH4+]. The van der Waals surface area contributed by atoms with Crippen molar-refractivity contribution in [3.05, 3.63) is 82.6 Å². The first-order valence-electron chi connectivity index (χ1n) is 12.8. The van der Waals surface area contributed by atoms with E-state index in [1.54, 1.807) is 24.3 Å². The van der Waals surface area contributed by atoms with Gasteiger partial charge in [-0.05, 0) is 49.5 Å². The van der Waals surface area contributed by atoms with Crippen molar-refractivity contribution in [2.45, 2.75) is 72.4 Å². The van der Waals surface area contributed by atoms with Crippen molar-refractivity contribution in [2.24, 2.45) is 11.8 Å². The molecule has 1 aliphatic rings. The molecular weight excluding hydrogens is 490 g/mol. The van der Waals surface area contributed by atoms with E-state index in [9.17, 15) is 24.3 Å². The molecule has 0 bridgehead atoms. The van der Waals surface area contributed by atoms with Gasteiger partial charge in [0, 0.05) is 24.2 Å². The third-order valence-corrected chi connectivity index (χ3v) is 6.72. The lowest BCUT2D eigenvalue weighted by Gasteiger charge is -2.30. The number of para-hydroxylation sites is 1. The van der Waals surface area contributed by atoms with Gasteiger partial charge in [0.05, 0.1) is 11.5 Å². The van der Waals surface area contributed by atoms with Gasteiger partial charge in [0.25, 0.3) is 11.1 Å². The Hall–Kier alpha value is -3.86. The molecule has 11 heteroatoms. The minimum atomic E-state index is -1.12. The normalized spacial score (nSPS) is 14.1. The number of aromatic amines is 2. The molecule has 0 spiro atoms. The molecule has 3 aromatic rings. The Bertz CT molecular complexity index is 1530. The second-order valence-electron chi connectivity index (χ2n) is 10.4. The second kappa shape index (κ2) is 11.7. The Balaban J connectivity index is 0.00000400. The van der Waals surface area contributed by atoms with Crippen LogP contribution in [-0.2, 0) is 13.1 Å². The molecule has 2 aromatic heterocycles. The summed E-state index contributed by atoms with van der Waals surface area (Å²) in [7, 11) is 0. The van der Waals surface area contributed by atoms with Crippen molar-refractivity contribution in [3.8, 4) is 17.5 Å². The van der Waals surface area contributed by atoms with Crippen molar-refractivity contribution in [2.75, 3.05) is 0 Å².